The summed E-state index contributed by atoms with van der Waals surface area (Å²) in [4.78, 5) is 16.9. The Morgan fingerprint density at radius 3 is 2.90 bits per heavy atom. The molecule has 1 saturated heterocycles. The average Bonchev–Trinajstić information content (AvgIpc) is 3.48. The minimum atomic E-state index is -0.330. The Balaban J connectivity index is 1.31. The summed E-state index contributed by atoms with van der Waals surface area (Å²) in [5.41, 5.74) is 7.76. The lowest BCUT2D eigenvalue weighted by atomic mass is 10.1. The van der Waals surface area contributed by atoms with E-state index >= 15 is 0 Å². The van der Waals surface area contributed by atoms with Crippen molar-refractivity contribution in [1.82, 2.24) is 20.8 Å². The predicted molar refractivity (Wildman–Crippen MR) is 108 cm³/mol. The molecule has 148 valence electrons. The Kier molecular flexibility index (Phi) is 4.61. The van der Waals surface area contributed by atoms with Crippen LogP contribution in [-0.4, -0.2) is 27.1 Å². The van der Waals surface area contributed by atoms with Gasteiger partial charge in [-0.2, -0.15) is 0 Å². The topological polar surface area (TPSA) is 95.9 Å². The summed E-state index contributed by atoms with van der Waals surface area (Å²) in [5, 5.41) is 6.74. The quantitative estimate of drug-likeness (QED) is 0.683. The minimum absolute atomic E-state index is 0.0666. The number of carbonyl (C=O) groups excluding carboxylic acids is 1. The normalized spacial score (nSPS) is 21.1. The largest absolute Gasteiger partial charge is 0.468 e. The average molecular weight is 409 g/mol. The molecule has 0 spiro atoms. The number of benzene rings is 1. The fourth-order valence-corrected chi connectivity index (χ4v) is 4.42. The highest BCUT2D eigenvalue weighted by atomic mass is 32.2. The van der Waals surface area contributed by atoms with Gasteiger partial charge in [-0.15, -0.1) is 5.10 Å². The van der Waals surface area contributed by atoms with Crippen LogP contribution in [0.2, 0.25) is 0 Å². The van der Waals surface area contributed by atoms with Crippen molar-refractivity contribution in [2.24, 2.45) is 5.10 Å². The van der Waals surface area contributed by atoms with Crippen LogP contribution in [0, 0.1) is 6.92 Å². The van der Waals surface area contributed by atoms with E-state index in [-0.39, 0.29) is 18.0 Å². The number of nitrogens with zero attached hydrogens (tertiary/aromatic N) is 3. The number of hydrazone groups is 1. The van der Waals surface area contributed by atoms with Crippen LogP contribution in [0.3, 0.4) is 0 Å². The van der Waals surface area contributed by atoms with E-state index in [4.69, 9.17) is 8.83 Å². The van der Waals surface area contributed by atoms with Gasteiger partial charge in [-0.25, -0.2) is 15.8 Å². The van der Waals surface area contributed by atoms with E-state index in [1.165, 1.54) is 11.8 Å². The van der Waals surface area contributed by atoms with E-state index < -0.39 is 0 Å². The molecule has 4 heterocycles. The maximum Gasteiger partial charge on any atom is 0.264 e. The molecule has 3 aromatic rings. The molecule has 5 rings (SSSR count). The summed E-state index contributed by atoms with van der Waals surface area (Å²) >= 11 is 1.50. The first-order chi connectivity index (χ1) is 14.2. The van der Waals surface area contributed by atoms with Gasteiger partial charge in [0, 0.05) is 17.7 Å². The third-order valence-electron chi connectivity index (χ3n) is 4.97. The number of hydrogen-bond donors (Lipinski definition) is 2. The summed E-state index contributed by atoms with van der Waals surface area (Å²) in [7, 11) is 0. The van der Waals surface area contributed by atoms with E-state index in [9.17, 15) is 4.79 Å². The van der Waals surface area contributed by atoms with Crippen molar-refractivity contribution in [3.05, 3.63) is 65.9 Å². The molecule has 2 atom stereocenters. The Hall–Kier alpha value is -3.04. The van der Waals surface area contributed by atoms with Crippen molar-refractivity contribution in [3.8, 4) is 11.5 Å². The Morgan fingerprint density at radius 2 is 2.10 bits per heavy atom. The maximum absolute atomic E-state index is 12.3. The Morgan fingerprint density at radius 1 is 1.24 bits per heavy atom. The van der Waals surface area contributed by atoms with Crippen molar-refractivity contribution >= 4 is 22.8 Å². The van der Waals surface area contributed by atoms with Gasteiger partial charge in [-0.05, 0) is 31.2 Å². The van der Waals surface area contributed by atoms with Gasteiger partial charge < -0.3 is 8.83 Å². The van der Waals surface area contributed by atoms with Crippen molar-refractivity contribution in [3.63, 3.8) is 0 Å². The lowest BCUT2D eigenvalue weighted by Crippen LogP contribution is -2.52. The molecule has 0 saturated carbocycles. The van der Waals surface area contributed by atoms with E-state index in [0.29, 0.717) is 23.2 Å². The number of hydrogen-bond acceptors (Lipinski definition) is 8. The van der Waals surface area contributed by atoms with E-state index in [1.54, 1.807) is 6.26 Å². The zero-order chi connectivity index (χ0) is 19.8. The lowest BCUT2D eigenvalue weighted by Gasteiger charge is -2.29. The predicted octanol–water partition coefficient (Wildman–Crippen LogP) is 3.20. The third kappa shape index (κ3) is 3.43. The molecule has 2 aliphatic rings. The molecule has 2 aliphatic heterocycles. The fourth-order valence-electron chi connectivity index (χ4n) is 3.45. The standard InChI is InChI=1S/C20H19N5O3S/c1-12-15(21-19(28-12)13-6-3-2-4-7-13)11-29-20-23-22-18(26)16-10-14(24-25(16)20)17-8-5-9-27-17/h2-9,14,16,24H,10-11H2,1H3,(H,22,26). The molecule has 0 aliphatic carbocycles. The lowest BCUT2D eigenvalue weighted by molar-refractivity contribution is -0.125. The van der Waals surface area contributed by atoms with E-state index in [0.717, 1.165) is 22.8 Å². The van der Waals surface area contributed by atoms with Gasteiger partial charge in [-0.1, -0.05) is 30.0 Å². The van der Waals surface area contributed by atoms with Gasteiger partial charge >= 0.3 is 0 Å². The maximum atomic E-state index is 12.3. The summed E-state index contributed by atoms with van der Waals surface area (Å²) in [6.07, 6.45) is 2.25. The van der Waals surface area contributed by atoms with Crippen LogP contribution in [-0.2, 0) is 10.5 Å². The second kappa shape index (κ2) is 7.41. The first kappa shape index (κ1) is 18.0. The van der Waals surface area contributed by atoms with Crippen LogP contribution in [0.5, 0.6) is 0 Å². The first-order valence-corrected chi connectivity index (χ1v) is 10.3. The number of carbonyl (C=O) groups is 1. The van der Waals surface area contributed by atoms with Crippen molar-refractivity contribution < 1.29 is 13.6 Å². The van der Waals surface area contributed by atoms with Gasteiger partial charge in [0.1, 0.15) is 17.6 Å². The molecule has 1 fully saturated rings. The van der Waals surface area contributed by atoms with Crippen LogP contribution in [0.15, 0.2) is 62.7 Å². The van der Waals surface area contributed by atoms with Gasteiger partial charge in [0.15, 0.2) is 5.17 Å². The molecule has 1 aromatic carbocycles. The number of aryl methyl sites for hydroxylation is 1. The molecule has 2 aromatic heterocycles. The molecule has 2 N–H and O–H groups in total. The van der Waals surface area contributed by atoms with E-state index in [1.807, 2.05) is 54.4 Å². The molecule has 0 radical (unpaired) electrons. The van der Waals surface area contributed by atoms with Gasteiger partial charge in [0.25, 0.3) is 5.91 Å². The minimum Gasteiger partial charge on any atom is -0.468 e. The zero-order valence-electron chi connectivity index (χ0n) is 15.7. The van der Waals surface area contributed by atoms with Crippen molar-refractivity contribution in [1.29, 1.82) is 0 Å². The summed E-state index contributed by atoms with van der Waals surface area (Å²) in [6, 6.07) is 13.2. The zero-order valence-corrected chi connectivity index (χ0v) is 16.5. The van der Waals surface area contributed by atoms with Crippen molar-refractivity contribution in [2.45, 2.75) is 31.2 Å². The SMILES string of the molecule is Cc1oc(-c2ccccc2)nc1CSC1=NNC(=O)C2CC(c3ccco3)NN12. The highest BCUT2D eigenvalue weighted by Crippen LogP contribution is 2.32. The summed E-state index contributed by atoms with van der Waals surface area (Å²) < 4.78 is 11.3. The number of thioether (sulfide) groups is 1. The molecule has 8 nitrogen and oxygen atoms in total. The number of amides is 1. The van der Waals surface area contributed by atoms with Crippen molar-refractivity contribution in [2.75, 3.05) is 0 Å². The third-order valence-corrected chi connectivity index (χ3v) is 5.94. The number of nitrogens with one attached hydrogen (secondary N) is 2. The van der Waals surface area contributed by atoms with Crippen LogP contribution < -0.4 is 10.9 Å². The summed E-state index contributed by atoms with van der Waals surface area (Å²) in [5.74, 6) is 2.63. The van der Waals surface area contributed by atoms with Crippen LogP contribution in [0.25, 0.3) is 11.5 Å². The van der Waals surface area contributed by atoms with Crippen LogP contribution in [0.1, 0.15) is 29.7 Å². The fraction of sp³-hybridized carbons (Fsp3) is 0.250. The second-order valence-electron chi connectivity index (χ2n) is 6.87. The van der Waals surface area contributed by atoms with Gasteiger partial charge in [-0.3, -0.25) is 9.80 Å². The molecular formula is C20H19N5O3S. The molecule has 0 bridgehead atoms. The monoisotopic (exact) mass is 409 g/mol. The van der Waals surface area contributed by atoms with Gasteiger partial charge in [0.2, 0.25) is 5.89 Å². The summed E-state index contributed by atoms with van der Waals surface area (Å²) in [6.45, 7) is 1.91. The molecule has 2 unspecified atom stereocenters. The Labute approximate surface area is 171 Å². The number of rotatable bonds is 4. The van der Waals surface area contributed by atoms with E-state index in [2.05, 4.69) is 20.9 Å². The number of hydrazine groups is 1. The molecule has 29 heavy (non-hydrogen) atoms. The molecule has 9 heteroatoms. The second-order valence-corrected chi connectivity index (χ2v) is 7.81. The number of fused-ring (bicyclic) bond motifs is 1. The number of oxazole rings is 1. The molecular weight excluding hydrogens is 390 g/mol. The number of amidine groups is 1. The Bertz CT molecular complexity index is 1050. The first-order valence-electron chi connectivity index (χ1n) is 9.30. The van der Waals surface area contributed by atoms with Gasteiger partial charge in [0.05, 0.1) is 18.0 Å². The van der Waals surface area contributed by atoms with Crippen LogP contribution in [0.4, 0.5) is 0 Å². The highest BCUT2D eigenvalue weighted by Gasteiger charge is 2.42. The smallest absolute Gasteiger partial charge is 0.264 e. The highest BCUT2D eigenvalue weighted by molar-refractivity contribution is 8.13. The van der Waals surface area contributed by atoms with Crippen LogP contribution >= 0.6 is 11.8 Å². The molecule has 1 amide bonds. The number of aromatic nitrogens is 1. The number of furan rings is 1.